The number of quaternary nitrogens is 2. The predicted molar refractivity (Wildman–Crippen MR) is 344 cm³/mol. The number of aliphatic hydroxyl groups is 6. The minimum Gasteiger partial charge on any atom is -0.548 e. The maximum Gasteiger partial charge on any atom is 0.278 e. The standard InChI is InChI=1S/C66H75Cl2N9O24/c1-23(2)12-34(71-5)58(88)76-49-51(83)26-7-10-38(32(67)14-26)97-40-16-28-17-41(55(40)101-65-56(54(86)53(85)42(22-78)99-65)100-44-21-66(4,70)57(87)24(3)96-44)98-39-11-8-27(15-33(39)68)52(84)50-63(93)75-48(64(94)95)31-18-29(79)19-37(81)45(31)30-13-25(6-9-36(30)80)46(60(90)77-50)74-61(91)47(28)73-59(89)35(20-43(69)82)72-62(49)92/h6-11,13-19,23-24,34-35,42,44,46-54,56-57,65,71,78-81,83-87H,12,20-22,70H2,1-5H3,(H2,69,82)(H,72,92)(H,73,89)(H,74,91)(H,75,93)(H,76,88)(H,77,90)(H,94,95)/p+1/t24-,34+,35-,42+,44-,46+,47+,48-,49+,50-,51+,52+,53+,54-,56+,57-,65-,66-/m0/s1. The maximum absolute atomic E-state index is 16.0. The molecule has 7 aliphatic rings. The topological polar surface area (TPSA) is 540 Å². The van der Waals surface area contributed by atoms with Gasteiger partial charge in [0.2, 0.25) is 47.5 Å². The van der Waals surface area contributed by atoms with Gasteiger partial charge in [0.15, 0.2) is 29.9 Å². The molecule has 101 heavy (non-hydrogen) atoms. The highest BCUT2D eigenvalue weighted by Gasteiger charge is 2.52. The molecule has 7 heterocycles. The number of nitrogens with two attached hydrogens (primary N) is 2. The number of aliphatic carboxylic acids is 1. The summed E-state index contributed by atoms with van der Waals surface area (Å²) < 4.78 is 38.4. The van der Waals surface area contributed by atoms with E-state index in [1.165, 1.54) is 19.1 Å². The van der Waals surface area contributed by atoms with Crippen molar-refractivity contribution in [3.63, 3.8) is 0 Å². The van der Waals surface area contributed by atoms with Gasteiger partial charge in [-0.05, 0) is 102 Å². The molecule has 5 aromatic carbocycles. The zero-order valence-corrected chi connectivity index (χ0v) is 56.0. The second kappa shape index (κ2) is 30.2. The second-order valence-corrected chi connectivity index (χ2v) is 26.8. The van der Waals surface area contributed by atoms with Gasteiger partial charge in [-0.1, -0.05) is 55.2 Å². The summed E-state index contributed by atoms with van der Waals surface area (Å²) in [7, 11) is 1.60. The van der Waals surface area contributed by atoms with Crippen molar-refractivity contribution in [2.24, 2.45) is 11.7 Å². The Bertz CT molecular complexity index is 4070. The van der Waals surface area contributed by atoms with Gasteiger partial charge in [0.05, 0.1) is 54.7 Å². The zero-order valence-electron chi connectivity index (χ0n) is 54.5. The number of carboxylic acid groups (broad SMARTS) is 1. The highest BCUT2D eigenvalue weighted by atomic mass is 35.5. The number of aromatic hydroxyl groups is 3. The lowest BCUT2D eigenvalue weighted by Crippen LogP contribution is -2.89. The average Bonchev–Trinajstić information content (AvgIpc) is 0.775. The molecule has 0 radical (unpaired) electrons. The first-order chi connectivity index (χ1) is 47.7. The summed E-state index contributed by atoms with van der Waals surface area (Å²) in [5, 5.41) is 132. The van der Waals surface area contributed by atoms with Crippen molar-refractivity contribution < 1.29 is 129 Å². The van der Waals surface area contributed by atoms with Crippen LogP contribution in [0.25, 0.3) is 11.1 Å². The first kappa shape index (κ1) is 74.5. The van der Waals surface area contributed by atoms with Crippen LogP contribution in [0.5, 0.6) is 46.0 Å². The molecule has 7 amide bonds. The number of halogens is 2. The van der Waals surface area contributed by atoms with E-state index >= 15 is 14.4 Å². The quantitative estimate of drug-likeness (QED) is 0.0560. The lowest BCUT2D eigenvalue weighted by atomic mass is 9.86. The van der Waals surface area contributed by atoms with E-state index in [9.17, 15) is 75.0 Å². The van der Waals surface area contributed by atoms with Crippen LogP contribution in [-0.4, -0.2) is 186 Å². The Hall–Kier alpha value is -9.20. The van der Waals surface area contributed by atoms with Crippen molar-refractivity contribution in [1.82, 2.24) is 31.9 Å². The van der Waals surface area contributed by atoms with Gasteiger partial charge >= 0.3 is 0 Å². The van der Waals surface area contributed by atoms with Gasteiger partial charge in [0, 0.05) is 23.6 Å². The number of hydrogen-bond donors (Lipinski definition) is 18. The van der Waals surface area contributed by atoms with Crippen LogP contribution in [0.15, 0.2) is 78.9 Å². The first-order valence-electron chi connectivity index (χ1n) is 31.8. The van der Waals surface area contributed by atoms with E-state index in [1.54, 1.807) is 19.3 Å². The van der Waals surface area contributed by atoms with Crippen LogP contribution in [-0.2, 0) is 52.6 Å². The number of carbonyl (C=O) groups excluding carboxylic acids is 8. The van der Waals surface area contributed by atoms with Crippen molar-refractivity contribution in [2.45, 2.75) is 156 Å². The van der Waals surface area contributed by atoms with Gasteiger partial charge in [0.1, 0.15) is 101 Å². The molecule has 11 bridgehead atoms. The Morgan fingerprint density at radius 3 is 1.93 bits per heavy atom. The van der Waals surface area contributed by atoms with Crippen molar-refractivity contribution in [3.05, 3.63) is 117 Å². The molecular weight excluding hydrogens is 1370 g/mol. The zero-order chi connectivity index (χ0) is 73.5. The number of nitrogens with one attached hydrogen (secondary N) is 6. The van der Waals surface area contributed by atoms with Crippen molar-refractivity contribution in [3.8, 4) is 57.1 Å². The van der Waals surface area contributed by atoms with Crippen LogP contribution in [0.4, 0.5) is 0 Å². The fraction of sp³-hybridized carbons (Fsp3) is 0.424. The Labute approximate surface area is 584 Å². The maximum atomic E-state index is 16.0. The summed E-state index contributed by atoms with van der Waals surface area (Å²) in [6.45, 7) is 5.86. The molecule has 0 aromatic heterocycles. The van der Waals surface area contributed by atoms with Gasteiger partial charge in [-0.15, -0.1) is 0 Å². The minimum atomic E-state index is -2.36. The van der Waals surface area contributed by atoms with Gasteiger partial charge < -0.3 is 133 Å². The fourth-order valence-electron chi connectivity index (χ4n) is 12.6. The number of amides is 7. The lowest BCUT2D eigenvalue weighted by Gasteiger charge is -2.45. The highest BCUT2D eigenvalue weighted by Crippen LogP contribution is 2.50. The Kier molecular flexibility index (Phi) is 22.2. The second-order valence-electron chi connectivity index (χ2n) is 25.9. The Morgan fingerprint density at radius 1 is 0.743 bits per heavy atom. The highest BCUT2D eigenvalue weighted by molar-refractivity contribution is 6.32. The Morgan fingerprint density at radius 2 is 1.35 bits per heavy atom. The largest absolute Gasteiger partial charge is 0.548 e. The molecule has 0 aliphatic carbocycles. The van der Waals surface area contributed by atoms with E-state index in [2.05, 4.69) is 37.6 Å². The normalized spacial score (nSPS) is 29.4. The average molecular weight is 1450 g/mol. The molecule has 7 aliphatic heterocycles. The van der Waals surface area contributed by atoms with Crippen LogP contribution in [0.3, 0.4) is 0 Å². The minimum absolute atomic E-state index is 0.0661. The molecule has 33 nitrogen and oxygen atoms in total. The molecule has 35 heteroatoms. The number of carbonyl (C=O) groups is 8. The SMILES string of the molecule is C[NH2+][C@H](CC(C)C)C(=O)N[C@H]1C(=O)N[C@@H](CC(N)=O)C(=O)N[C@H]2C(=O)N[C@H]3C(=O)N[C@H](C(=O)N[C@H](C(=O)[O-])c4cc(O)cc(O)c4-c4cc3ccc4O)[C@H](O)c3ccc(c(Cl)c3)Oc3cc2cc(c3O[C@@H]2O[C@H](CO)[C@@H](O)[C@H](O)[C@H]2O[C@H]2C[C@](C)([NH3+])[C@@H](O)[C@H](C)O2)Oc2ccc(cc2Cl)[C@H]1O. The molecular formula is C66H76Cl2N9O24+. The van der Waals surface area contributed by atoms with Crippen molar-refractivity contribution >= 4 is 70.5 Å². The van der Waals surface area contributed by atoms with Gasteiger partial charge in [-0.25, -0.2) is 0 Å². The summed E-state index contributed by atoms with van der Waals surface area (Å²) in [5.41, 5.74) is 5.75. The predicted octanol–water partition coefficient (Wildman–Crippen LogP) is -2.97. The van der Waals surface area contributed by atoms with Crippen LogP contribution in [0.2, 0.25) is 10.0 Å². The third-order valence-corrected chi connectivity index (χ3v) is 18.5. The molecule has 2 fully saturated rings. The van der Waals surface area contributed by atoms with Gasteiger partial charge in [-0.3, -0.25) is 33.6 Å². The van der Waals surface area contributed by atoms with E-state index in [0.29, 0.717) is 0 Å². The number of aliphatic hydroxyl groups excluding tert-OH is 6. The van der Waals surface area contributed by atoms with Crippen molar-refractivity contribution in [1.29, 1.82) is 0 Å². The van der Waals surface area contributed by atoms with Gasteiger partial charge in [-0.2, -0.15) is 0 Å². The third kappa shape index (κ3) is 15.8. The molecule has 0 unspecified atom stereocenters. The molecule has 2 saturated heterocycles. The van der Waals surface area contributed by atoms with E-state index < -0.39 is 237 Å². The molecule has 12 rings (SSSR count). The first-order valence-corrected chi connectivity index (χ1v) is 32.5. The lowest BCUT2D eigenvalue weighted by molar-refractivity contribution is -0.651. The summed E-state index contributed by atoms with van der Waals surface area (Å²) in [6, 6.07) is -0.718. The van der Waals surface area contributed by atoms with E-state index in [-0.39, 0.29) is 46.2 Å². The third-order valence-electron chi connectivity index (χ3n) is 17.9. The summed E-state index contributed by atoms with van der Waals surface area (Å²) >= 11 is 14.1. The number of rotatable bonds is 13. The number of phenols is 3. The van der Waals surface area contributed by atoms with Gasteiger partial charge in [0.25, 0.3) is 5.91 Å². The molecule has 0 saturated carbocycles. The fourth-order valence-corrected chi connectivity index (χ4v) is 13.1. The number of hydrogen-bond acceptors (Lipinski definition) is 24. The summed E-state index contributed by atoms with van der Waals surface area (Å²) in [5.74, 6) is -16.2. The number of primary amides is 1. The van der Waals surface area contributed by atoms with Crippen molar-refractivity contribution in [2.75, 3.05) is 13.7 Å². The molecule has 5 aromatic rings. The van der Waals surface area contributed by atoms with Crippen LogP contribution >= 0.6 is 23.2 Å². The smallest absolute Gasteiger partial charge is 0.278 e. The number of ether oxygens (including phenoxy) is 6. The monoisotopic (exact) mass is 1450 g/mol. The molecule has 0 spiro atoms. The number of phenolic OH excluding ortho intramolecular Hbond substituents is 3. The van der Waals surface area contributed by atoms with E-state index in [4.69, 9.17) is 57.4 Å². The van der Waals surface area contributed by atoms with E-state index in [1.807, 2.05) is 13.8 Å². The molecule has 18 atom stereocenters. The van der Waals surface area contributed by atoms with Crippen LogP contribution in [0.1, 0.15) is 105 Å². The number of benzene rings is 5. The number of fused-ring (bicyclic) bond motifs is 15. The summed E-state index contributed by atoms with van der Waals surface area (Å²) in [6.07, 6.45) is -18.1. The number of likely N-dealkylation sites (N-methyl/N-ethyl adjacent to an activating group) is 1. The van der Waals surface area contributed by atoms with E-state index in [0.717, 1.165) is 66.7 Å². The molecule has 542 valence electrons. The molecule has 22 N–H and O–H groups in total. The number of carboxylic acids is 1. The summed E-state index contributed by atoms with van der Waals surface area (Å²) in [4.78, 5) is 117. The van der Waals surface area contributed by atoms with Crippen LogP contribution in [0, 0.1) is 5.92 Å². The van der Waals surface area contributed by atoms with Crippen LogP contribution < -0.4 is 68.0 Å². The Balaban J connectivity index is 1.24.